The first-order chi connectivity index (χ1) is 9.56. The van der Waals surface area contributed by atoms with Gasteiger partial charge < -0.3 is 10.4 Å². The lowest BCUT2D eigenvalue weighted by Gasteiger charge is -2.10. The Bertz CT molecular complexity index is 514. The van der Waals surface area contributed by atoms with Crippen molar-refractivity contribution in [1.82, 2.24) is 4.90 Å². The Balaban J connectivity index is 1.86. The summed E-state index contributed by atoms with van der Waals surface area (Å²) in [5, 5.41) is 11.5. The summed E-state index contributed by atoms with van der Waals surface area (Å²) in [6, 6.07) is 5.96. The lowest BCUT2D eigenvalue weighted by atomic mass is 10.1. The van der Waals surface area contributed by atoms with E-state index < -0.39 is 5.97 Å². The fourth-order valence-corrected chi connectivity index (χ4v) is 2.48. The molecule has 2 N–H and O–H groups in total. The van der Waals surface area contributed by atoms with Gasteiger partial charge in [0.05, 0.1) is 0 Å². The van der Waals surface area contributed by atoms with Gasteiger partial charge in [-0.05, 0) is 37.1 Å². The number of amides is 1. The van der Waals surface area contributed by atoms with Crippen LogP contribution in [0.1, 0.15) is 36.8 Å². The number of nitrogens with one attached hydrogen (secondary N) is 1. The smallest absolute Gasteiger partial charge is 0.303 e. The standard InChI is InChI=1S/C15H20N2O3/c1-17-9-11-5-4-6-13(12(11)10-17)16-14(18)7-2-3-8-15(19)20/h4-6H,2-3,7-10H2,1H3,(H,16,18)(H,19,20). The monoisotopic (exact) mass is 276 g/mol. The third-order valence-electron chi connectivity index (χ3n) is 3.46. The predicted molar refractivity (Wildman–Crippen MR) is 76.3 cm³/mol. The lowest BCUT2D eigenvalue weighted by molar-refractivity contribution is -0.137. The van der Waals surface area contributed by atoms with Crippen molar-refractivity contribution in [3.8, 4) is 0 Å². The Morgan fingerprint density at radius 1 is 1.25 bits per heavy atom. The number of nitrogens with zero attached hydrogens (tertiary/aromatic N) is 1. The van der Waals surface area contributed by atoms with E-state index in [1.165, 1.54) is 11.1 Å². The topological polar surface area (TPSA) is 69.6 Å². The van der Waals surface area contributed by atoms with E-state index in [1.807, 2.05) is 12.1 Å². The molecule has 1 aliphatic heterocycles. The third-order valence-corrected chi connectivity index (χ3v) is 3.46. The quantitative estimate of drug-likeness (QED) is 0.782. The molecule has 20 heavy (non-hydrogen) atoms. The Hall–Kier alpha value is -1.88. The van der Waals surface area contributed by atoms with Gasteiger partial charge in [-0.1, -0.05) is 12.1 Å². The molecule has 0 spiro atoms. The van der Waals surface area contributed by atoms with Crippen molar-refractivity contribution in [1.29, 1.82) is 0 Å². The molecule has 0 radical (unpaired) electrons. The van der Waals surface area contributed by atoms with E-state index in [0.717, 1.165) is 18.8 Å². The van der Waals surface area contributed by atoms with Gasteiger partial charge in [0.2, 0.25) is 5.91 Å². The van der Waals surface area contributed by atoms with Crippen LogP contribution in [0.2, 0.25) is 0 Å². The highest BCUT2D eigenvalue weighted by Gasteiger charge is 2.19. The number of hydrogen-bond acceptors (Lipinski definition) is 3. The first kappa shape index (κ1) is 14.5. The maximum Gasteiger partial charge on any atom is 0.303 e. The zero-order valence-electron chi connectivity index (χ0n) is 11.7. The van der Waals surface area contributed by atoms with Gasteiger partial charge in [0.15, 0.2) is 0 Å². The van der Waals surface area contributed by atoms with Gasteiger partial charge in [-0.25, -0.2) is 0 Å². The summed E-state index contributed by atoms with van der Waals surface area (Å²) in [7, 11) is 2.05. The molecule has 5 nitrogen and oxygen atoms in total. The van der Waals surface area contributed by atoms with E-state index in [9.17, 15) is 9.59 Å². The van der Waals surface area contributed by atoms with Crippen molar-refractivity contribution in [3.63, 3.8) is 0 Å². The molecule has 1 aromatic carbocycles. The Morgan fingerprint density at radius 2 is 2.00 bits per heavy atom. The zero-order valence-corrected chi connectivity index (χ0v) is 11.7. The number of benzene rings is 1. The molecule has 1 aromatic rings. The number of carboxylic acids is 1. The minimum atomic E-state index is -0.811. The Labute approximate surface area is 118 Å². The third kappa shape index (κ3) is 3.81. The summed E-state index contributed by atoms with van der Waals surface area (Å²) in [6.45, 7) is 1.77. The molecule has 5 heteroatoms. The highest BCUT2D eigenvalue weighted by atomic mass is 16.4. The molecule has 2 rings (SSSR count). The first-order valence-electron chi connectivity index (χ1n) is 6.87. The summed E-state index contributed by atoms with van der Waals surface area (Å²) < 4.78 is 0. The van der Waals surface area contributed by atoms with Crippen molar-refractivity contribution in [2.75, 3.05) is 12.4 Å². The highest BCUT2D eigenvalue weighted by molar-refractivity contribution is 5.91. The van der Waals surface area contributed by atoms with Crippen LogP contribution in [0.3, 0.4) is 0 Å². The van der Waals surface area contributed by atoms with E-state index in [0.29, 0.717) is 19.3 Å². The summed E-state index contributed by atoms with van der Waals surface area (Å²) in [4.78, 5) is 24.5. The van der Waals surface area contributed by atoms with E-state index in [1.54, 1.807) is 0 Å². The van der Waals surface area contributed by atoms with E-state index in [-0.39, 0.29) is 12.3 Å². The van der Waals surface area contributed by atoms with Crippen LogP contribution in [0.25, 0.3) is 0 Å². The highest BCUT2D eigenvalue weighted by Crippen LogP contribution is 2.28. The van der Waals surface area contributed by atoms with Gasteiger partial charge in [0.1, 0.15) is 0 Å². The fraction of sp³-hybridized carbons (Fsp3) is 0.467. The van der Waals surface area contributed by atoms with Gasteiger partial charge in [-0.3, -0.25) is 14.5 Å². The maximum atomic E-state index is 11.9. The van der Waals surface area contributed by atoms with Gasteiger partial charge in [-0.2, -0.15) is 0 Å². The number of hydrogen-bond donors (Lipinski definition) is 2. The molecular formula is C15H20N2O3. The minimum Gasteiger partial charge on any atom is -0.481 e. The van der Waals surface area contributed by atoms with Crippen LogP contribution in [0.4, 0.5) is 5.69 Å². The van der Waals surface area contributed by atoms with Gasteiger partial charge in [0.25, 0.3) is 0 Å². The molecule has 0 aromatic heterocycles. The molecule has 0 saturated carbocycles. The second kappa shape index (κ2) is 6.52. The Morgan fingerprint density at radius 3 is 2.75 bits per heavy atom. The molecule has 0 fully saturated rings. The summed E-state index contributed by atoms with van der Waals surface area (Å²) in [5.74, 6) is -0.854. The zero-order chi connectivity index (χ0) is 14.5. The molecule has 0 bridgehead atoms. The van der Waals surface area contributed by atoms with Crippen LogP contribution in [-0.2, 0) is 22.7 Å². The second-order valence-electron chi connectivity index (χ2n) is 5.26. The van der Waals surface area contributed by atoms with Crippen molar-refractivity contribution in [2.45, 2.75) is 38.8 Å². The van der Waals surface area contributed by atoms with E-state index in [4.69, 9.17) is 5.11 Å². The van der Waals surface area contributed by atoms with Crippen LogP contribution in [0, 0.1) is 0 Å². The van der Waals surface area contributed by atoms with Crippen LogP contribution >= 0.6 is 0 Å². The molecule has 0 saturated heterocycles. The van der Waals surface area contributed by atoms with Crippen molar-refractivity contribution < 1.29 is 14.7 Å². The number of fused-ring (bicyclic) bond motifs is 1. The Kier molecular flexibility index (Phi) is 4.74. The molecule has 1 aliphatic rings. The summed E-state index contributed by atoms with van der Waals surface area (Å²) in [5.41, 5.74) is 3.33. The first-order valence-corrected chi connectivity index (χ1v) is 6.87. The molecule has 108 valence electrons. The number of aliphatic carboxylic acids is 1. The van der Waals surface area contributed by atoms with Crippen LogP contribution < -0.4 is 5.32 Å². The molecule has 1 amide bonds. The van der Waals surface area contributed by atoms with Crippen LogP contribution in [0.5, 0.6) is 0 Å². The second-order valence-corrected chi connectivity index (χ2v) is 5.26. The molecule has 0 atom stereocenters. The largest absolute Gasteiger partial charge is 0.481 e. The van der Waals surface area contributed by atoms with E-state index >= 15 is 0 Å². The number of anilines is 1. The lowest BCUT2D eigenvalue weighted by Crippen LogP contribution is -2.13. The average molecular weight is 276 g/mol. The summed E-state index contributed by atoms with van der Waals surface area (Å²) >= 11 is 0. The predicted octanol–water partition coefficient (Wildman–Crippen LogP) is 2.22. The van der Waals surface area contributed by atoms with Gasteiger partial charge >= 0.3 is 5.97 Å². The van der Waals surface area contributed by atoms with Crippen LogP contribution in [-0.4, -0.2) is 28.9 Å². The van der Waals surface area contributed by atoms with Gasteiger partial charge in [0, 0.05) is 31.6 Å². The number of unbranched alkanes of at least 4 members (excludes halogenated alkanes) is 1. The SMILES string of the molecule is CN1Cc2cccc(NC(=O)CCCCC(=O)O)c2C1. The molecule has 0 unspecified atom stereocenters. The van der Waals surface area contributed by atoms with Crippen molar-refractivity contribution >= 4 is 17.6 Å². The number of carboxylic acid groups (broad SMARTS) is 1. The minimum absolute atomic E-state index is 0.0432. The number of rotatable bonds is 6. The van der Waals surface area contributed by atoms with Crippen molar-refractivity contribution in [3.05, 3.63) is 29.3 Å². The molecule has 0 aliphatic carbocycles. The normalized spacial score (nSPS) is 14.1. The fourth-order valence-electron chi connectivity index (χ4n) is 2.48. The molecular weight excluding hydrogens is 256 g/mol. The number of carbonyl (C=O) groups is 2. The van der Waals surface area contributed by atoms with E-state index in [2.05, 4.69) is 23.3 Å². The van der Waals surface area contributed by atoms with Crippen molar-refractivity contribution in [2.24, 2.45) is 0 Å². The number of carbonyl (C=O) groups excluding carboxylic acids is 1. The average Bonchev–Trinajstić information content (AvgIpc) is 2.76. The maximum absolute atomic E-state index is 11.9. The summed E-state index contributed by atoms with van der Waals surface area (Å²) in [6.07, 6.45) is 1.64. The molecule has 1 heterocycles. The van der Waals surface area contributed by atoms with Crippen LogP contribution in [0.15, 0.2) is 18.2 Å². The van der Waals surface area contributed by atoms with Gasteiger partial charge in [-0.15, -0.1) is 0 Å².